The lowest BCUT2D eigenvalue weighted by Crippen LogP contribution is -2.68. The highest BCUT2D eigenvalue weighted by molar-refractivity contribution is 9.10. The van der Waals surface area contributed by atoms with Crippen molar-refractivity contribution >= 4 is 56.6 Å². The molecular weight excluding hydrogens is 434 g/mol. The number of hydrogen-bond donors (Lipinski definition) is 1. The van der Waals surface area contributed by atoms with Gasteiger partial charge in [0.05, 0.1) is 22.0 Å². The van der Waals surface area contributed by atoms with Crippen molar-refractivity contribution < 1.29 is 14.4 Å². The summed E-state index contributed by atoms with van der Waals surface area (Å²) in [6.45, 7) is 0. The lowest BCUT2D eigenvalue weighted by Gasteiger charge is -2.47. The SMILES string of the molecule is CN1C(=O)c2ccccc2N2C(=O)CC[C@@]12C(=O)Nc1ccc(Br)cc1Cl. The molecule has 1 atom stereocenters. The molecule has 0 unspecified atom stereocenters. The Kier molecular flexibility index (Phi) is 4.24. The van der Waals surface area contributed by atoms with Gasteiger partial charge in [-0.1, -0.05) is 39.7 Å². The monoisotopic (exact) mass is 447 g/mol. The molecule has 2 aromatic rings. The van der Waals surface area contributed by atoms with Gasteiger partial charge in [0.1, 0.15) is 0 Å². The van der Waals surface area contributed by atoms with E-state index in [4.69, 9.17) is 11.6 Å². The summed E-state index contributed by atoms with van der Waals surface area (Å²) in [5.74, 6) is -0.963. The summed E-state index contributed by atoms with van der Waals surface area (Å²) in [6, 6.07) is 11.9. The third-order valence-corrected chi connectivity index (χ3v) is 5.89. The molecule has 4 rings (SSSR count). The second-order valence-corrected chi connectivity index (χ2v) is 7.83. The van der Waals surface area contributed by atoms with Gasteiger partial charge in [-0.2, -0.15) is 0 Å². The van der Waals surface area contributed by atoms with E-state index >= 15 is 0 Å². The van der Waals surface area contributed by atoms with Crippen LogP contribution in [0.3, 0.4) is 0 Å². The molecule has 0 saturated carbocycles. The van der Waals surface area contributed by atoms with Crippen molar-refractivity contribution in [2.45, 2.75) is 18.5 Å². The van der Waals surface area contributed by atoms with Crippen LogP contribution in [0.1, 0.15) is 23.2 Å². The van der Waals surface area contributed by atoms with E-state index in [-0.39, 0.29) is 24.7 Å². The quantitative estimate of drug-likeness (QED) is 0.762. The average molecular weight is 449 g/mol. The molecule has 2 heterocycles. The smallest absolute Gasteiger partial charge is 0.271 e. The number of halogens is 2. The Morgan fingerprint density at radius 2 is 1.96 bits per heavy atom. The first-order valence-electron chi connectivity index (χ1n) is 8.33. The van der Waals surface area contributed by atoms with E-state index < -0.39 is 11.6 Å². The number of nitrogens with zero attached hydrogens (tertiary/aromatic N) is 2. The molecule has 6 nitrogen and oxygen atoms in total. The molecule has 1 saturated heterocycles. The summed E-state index contributed by atoms with van der Waals surface area (Å²) in [7, 11) is 1.55. The van der Waals surface area contributed by atoms with Crippen LogP contribution in [-0.4, -0.2) is 35.3 Å². The molecule has 0 spiro atoms. The highest BCUT2D eigenvalue weighted by atomic mass is 79.9. The van der Waals surface area contributed by atoms with E-state index in [1.54, 1.807) is 49.5 Å². The van der Waals surface area contributed by atoms with Crippen LogP contribution in [0.25, 0.3) is 0 Å². The minimum Gasteiger partial charge on any atom is -0.321 e. The zero-order valence-electron chi connectivity index (χ0n) is 14.3. The number of benzene rings is 2. The summed E-state index contributed by atoms with van der Waals surface area (Å²) in [5.41, 5.74) is -0.141. The van der Waals surface area contributed by atoms with Crippen molar-refractivity contribution in [3.8, 4) is 0 Å². The second-order valence-electron chi connectivity index (χ2n) is 6.51. The standard InChI is InChI=1S/C19H15BrClN3O3/c1-23-17(26)12-4-2-3-5-15(12)24-16(25)8-9-19(23,24)18(27)22-14-7-6-11(20)10-13(14)21/h2-7,10H,8-9H2,1H3,(H,22,27)/t19-/m1/s1. The van der Waals surface area contributed by atoms with Crippen LogP contribution >= 0.6 is 27.5 Å². The Morgan fingerprint density at radius 3 is 2.70 bits per heavy atom. The number of para-hydroxylation sites is 1. The highest BCUT2D eigenvalue weighted by Gasteiger charge is 2.59. The maximum absolute atomic E-state index is 13.4. The molecule has 2 aromatic carbocycles. The zero-order chi connectivity index (χ0) is 19.3. The Bertz CT molecular complexity index is 996. The van der Waals surface area contributed by atoms with E-state index in [1.165, 1.54) is 9.80 Å². The number of carbonyl (C=O) groups is 3. The zero-order valence-corrected chi connectivity index (χ0v) is 16.7. The Balaban J connectivity index is 1.81. The van der Waals surface area contributed by atoms with Gasteiger partial charge in [0.15, 0.2) is 0 Å². The third-order valence-electron chi connectivity index (χ3n) is 5.08. The normalized spacial score (nSPS) is 21.1. The molecule has 0 bridgehead atoms. The average Bonchev–Trinajstić information content (AvgIpc) is 3.01. The molecular formula is C19H15BrClN3O3. The summed E-state index contributed by atoms with van der Waals surface area (Å²) in [6.07, 6.45) is 0.385. The molecule has 27 heavy (non-hydrogen) atoms. The van der Waals surface area contributed by atoms with Gasteiger partial charge < -0.3 is 10.2 Å². The van der Waals surface area contributed by atoms with Gasteiger partial charge in [0.2, 0.25) is 11.6 Å². The molecule has 2 aliphatic rings. The minimum atomic E-state index is -1.42. The molecule has 1 fully saturated rings. The van der Waals surface area contributed by atoms with Crippen LogP contribution in [-0.2, 0) is 9.59 Å². The maximum Gasteiger partial charge on any atom is 0.271 e. The Hall–Kier alpha value is -2.38. The first kappa shape index (κ1) is 18.0. The maximum atomic E-state index is 13.4. The van der Waals surface area contributed by atoms with Crippen molar-refractivity contribution in [3.05, 3.63) is 57.5 Å². The predicted octanol–water partition coefficient (Wildman–Crippen LogP) is 3.65. The molecule has 1 N–H and O–H groups in total. The van der Waals surface area contributed by atoms with Gasteiger partial charge >= 0.3 is 0 Å². The van der Waals surface area contributed by atoms with Crippen LogP contribution in [0.4, 0.5) is 11.4 Å². The predicted molar refractivity (Wildman–Crippen MR) is 106 cm³/mol. The van der Waals surface area contributed by atoms with Gasteiger partial charge in [-0.05, 0) is 30.3 Å². The fourth-order valence-electron chi connectivity index (χ4n) is 3.74. The van der Waals surface area contributed by atoms with Gasteiger partial charge in [0, 0.05) is 24.4 Å². The lowest BCUT2D eigenvalue weighted by molar-refractivity contribution is -0.128. The summed E-state index contributed by atoms with van der Waals surface area (Å²) < 4.78 is 0.778. The van der Waals surface area contributed by atoms with E-state index in [0.717, 1.165) is 4.47 Å². The van der Waals surface area contributed by atoms with E-state index in [0.29, 0.717) is 22.0 Å². The number of amides is 3. The topological polar surface area (TPSA) is 69.7 Å². The number of nitrogens with one attached hydrogen (secondary N) is 1. The summed E-state index contributed by atoms with van der Waals surface area (Å²) >= 11 is 9.55. The van der Waals surface area contributed by atoms with E-state index in [9.17, 15) is 14.4 Å². The number of hydrogen-bond acceptors (Lipinski definition) is 3. The molecule has 138 valence electrons. The van der Waals surface area contributed by atoms with Crippen molar-refractivity contribution in [1.29, 1.82) is 0 Å². The van der Waals surface area contributed by atoms with Crippen molar-refractivity contribution in [2.24, 2.45) is 0 Å². The lowest BCUT2D eigenvalue weighted by atomic mass is 9.96. The van der Waals surface area contributed by atoms with Crippen molar-refractivity contribution in [1.82, 2.24) is 4.90 Å². The van der Waals surface area contributed by atoms with Crippen molar-refractivity contribution in [3.63, 3.8) is 0 Å². The van der Waals surface area contributed by atoms with Gasteiger partial charge in [0.25, 0.3) is 11.8 Å². The summed E-state index contributed by atoms with van der Waals surface area (Å²) in [4.78, 5) is 41.7. The molecule has 2 aliphatic heterocycles. The largest absolute Gasteiger partial charge is 0.321 e. The number of fused-ring (bicyclic) bond motifs is 3. The van der Waals surface area contributed by atoms with Crippen molar-refractivity contribution in [2.75, 3.05) is 17.3 Å². The first-order valence-corrected chi connectivity index (χ1v) is 9.50. The fraction of sp³-hybridized carbons (Fsp3) is 0.211. The van der Waals surface area contributed by atoms with Crippen LogP contribution in [0, 0.1) is 0 Å². The Morgan fingerprint density at radius 1 is 1.22 bits per heavy atom. The van der Waals surface area contributed by atoms with Gasteiger partial charge in [-0.3, -0.25) is 19.3 Å². The molecule has 3 amide bonds. The molecule has 0 aliphatic carbocycles. The Labute approximate surface area is 169 Å². The van der Waals surface area contributed by atoms with Crippen LogP contribution in [0.5, 0.6) is 0 Å². The van der Waals surface area contributed by atoms with Gasteiger partial charge in [-0.25, -0.2) is 0 Å². The van der Waals surface area contributed by atoms with E-state index in [1.807, 2.05) is 0 Å². The van der Waals surface area contributed by atoms with Crippen LogP contribution in [0.2, 0.25) is 5.02 Å². The first-order chi connectivity index (χ1) is 12.9. The number of carbonyl (C=O) groups excluding carboxylic acids is 3. The molecule has 0 aromatic heterocycles. The van der Waals surface area contributed by atoms with Crippen LogP contribution in [0.15, 0.2) is 46.9 Å². The fourth-order valence-corrected chi connectivity index (χ4v) is 4.46. The molecule has 8 heteroatoms. The van der Waals surface area contributed by atoms with Crippen LogP contribution < -0.4 is 10.2 Å². The highest BCUT2D eigenvalue weighted by Crippen LogP contribution is 2.44. The second kappa shape index (κ2) is 6.35. The molecule has 0 radical (unpaired) electrons. The number of likely N-dealkylation sites (N-methyl/N-ethyl adjacent to an activating group) is 1. The number of rotatable bonds is 2. The third kappa shape index (κ3) is 2.56. The number of anilines is 2. The minimum absolute atomic E-state index is 0.174. The van der Waals surface area contributed by atoms with Gasteiger partial charge in [-0.15, -0.1) is 0 Å². The summed E-state index contributed by atoms with van der Waals surface area (Å²) in [5, 5.41) is 3.15. The van der Waals surface area contributed by atoms with E-state index in [2.05, 4.69) is 21.2 Å².